The molecule has 7 N–H and O–H groups in total. The number of benzene rings is 2. The van der Waals surface area contributed by atoms with Crippen LogP contribution in [0.2, 0.25) is 0 Å². The van der Waals surface area contributed by atoms with Crippen LogP contribution in [0.3, 0.4) is 0 Å². The van der Waals surface area contributed by atoms with Crippen LogP contribution in [0.5, 0.6) is 5.75 Å². The number of nitrogens with one attached hydrogen (secondary N) is 1. The SMILES string of the molecule is COc1ccc(C)cc1-c1cccc(/C(N)=C(\N)C(=O)NCC(C)C)c1N. The number of nitrogens with two attached hydrogens (primary N) is 3. The minimum Gasteiger partial charge on any atom is -0.496 e. The van der Waals surface area contributed by atoms with Crippen LogP contribution in [0, 0.1) is 12.8 Å². The highest BCUT2D eigenvalue weighted by Crippen LogP contribution is 2.37. The summed E-state index contributed by atoms with van der Waals surface area (Å²) in [6, 6.07) is 11.3. The summed E-state index contributed by atoms with van der Waals surface area (Å²) in [6.45, 7) is 6.51. The number of hydrogen-bond acceptors (Lipinski definition) is 5. The molecule has 0 aliphatic carbocycles. The second-order valence-electron chi connectivity index (χ2n) is 6.90. The summed E-state index contributed by atoms with van der Waals surface area (Å²) in [6.07, 6.45) is 0. The molecule has 0 heterocycles. The third-order valence-corrected chi connectivity index (χ3v) is 4.25. The smallest absolute Gasteiger partial charge is 0.269 e. The minimum atomic E-state index is -0.404. The quantitative estimate of drug-likeness (QED) is 0.462. The van der Waals surface area contributed by atoms with Crippen LogP contribution < -0.4 is 27.3 Å². The van der Waals surface area contributed by atoms with Gasteiger partial charge in [-0.2, -0.15) is 0 Å². The second-order valence-corrected chi connectivity index (χ2v) is 6.90. The summed E-state index contributed by atoms with van der Waals surface area (Å²) >= 11 is 0. The Balaban J connectivity index is 2.49. The molecule has 2 aromatic carbocycles. The zero-order valence-electron chi connectivity index (χ0n) is 16.3. The average Bonchev–Trinajstić information content (AvgIpc) is 2.65. The lowest BCUT2D eigenvalue weighted by molar-refractivity contribution is -0.117. The molecule has 0 bridgehead atoms. The topological polar surface area (TPSA) is 116 Å². The monoisotopic (exact) mass is 368 g/mol. The Bertz CT molecular complexity index is 872. The molecule has 0 saturated heterocycles. The van der Waals surface area contributed by atoms with E-state index in [2.05, 4.69) is 5.32 Å². The first-order valence-electron chi connectivity index (χ1n) is 8.83. The Morgan fingerprint density at radius 3 is 2.48 bits per heavy atom. The molecule has 0 unspecified atom stereocenters. The molecule has 0 radical (unpaired) electrons. The van der Waals surface area contributed by atoms with E-state index in [0.29, 0.717) is 29.5 Å². The summed E-state index contributed by atoms with van der Waals surface area (Å²) in [5.74, 6) is 0.610. The minimum absolute atomic E-state index is 0.0456. The van der Waals surface area contributed by atoms with Gasteiger partial charge in [0.25, 0.3) is 5.91 Å². The molecule has 0 spiro atoms. The van der Waals surface area contributed by atoms with Crippen molar-refractivity contribution < 1.29 is 9.53 Å². The van der Waals surface area contributed by atoms with E-state index in [-0.39, 0.29) is 11.4 Å². The molecule has 6 nitrogen and oxygen atoms in total. The zero-order valence-corrected chi connectivity index (χ0v) is 16.3. The lowest BCUT2D eigenvalue weighted by Gasteiger charge is -2.16. The molecule has 0 aromatic heterocycles. The Kier molecular flexibility index (Phi) is 6.34. The van der Waals surface area contributed by atoms with Gasteiger partial charge < -0.3 is 27.3 Å². The normalized spacial score (nSPS) is 11.9. The first-order valence-corrected chi connectivity index (χ1v) is 8.83. The number of hydrogen-bond donors (Lipinski definition) is 4. The molecule has 2 aromatic rings. The van der Waals surface area contributed by atoms with E-state index in [1.807, 2.05) is 51.1 Å². The second kappa shape index (κ2) is 8.49. The van der Waals surface area contributed by atoms with E-state index in [9.17, 15) is 4.79 Å². The van der Waals surface area contributed by atoms with Crippen molar-refractivity contribution in [3.63, 3.8) is 0 Å². The van der Waals surface area contributed by atoms with Crippen LogP contribution in [-0.2, 0) is 4.79 Å². The molecule has 2 rings (SSSR count). The summed E-state index contributed by atoms with van der Waals surface area (Å²) < 4.78 is 5.46. The number of amides is 1. The first-order chi connectivity index (χ1) is 12.8. The molecule has 144 valence electrons. The fraction of sp³-hybridized carbons (Fsp3) is 0.286. The predicted octanol–water partition coefficient (Wildman–Crippen LogP) is 2.61. The molecule has 0 fully saturated rings. The number of nitrogen functional groups attached to an aromatic ring is 1. The van der Waals surface area contributed by atoms with E-state index >= 15 is 0 Å². The molecule has 27 heavy (non-hydrogen) atoms. The molecule has 0 atom stereocenters. The van der Waals surface area contributed by atoms with Crippen LogP contribution >= 0.6 is 0 Å². The summed E-state index contributed by atoms with van der Waals surface area (Å²) in [7, 11) is 1.61. The molecule has 0 aliphatic heterocycles. The van der Waals surface area contributed by atoms with Crippen molar-refractivity contribution in [1.29, 1.82) is 0 Å². The summed E-state index contributed by atoms with van der Waals surface area (Å²) in [4.78, 5) is 12.2. The number of anilines is 1. The van der Waals surface area contributed by atoms with E-state index in [4.69, 9.17) is 21.9 Å². The van der Waals surface area contributed by atoms with Gasteiger partial charge in [-0.15, -0.1) is 0 Å². The highest BCUT2D eigenvalue weighted by atomic mass is 16.5. The lowest BCUT2D eigenvalue weighted by Crippen LogP contribution is -2.33. The van der Waals surface area contributed by atoms with Gasteiger partial charge in [-0.3, -0.25) is 4.79 Å². The third kappa shape index (κ3) is 4.53. The molecular weight excluding hydrogens is 340 g/mol. The molecule has 0 aliphatic rings. The number of carbonyl (C=O) groups is 1. The van der Waals surface area contributed by atoms with Gasteiger partial charge >= 0.3 is 0 Å². The molecule has 6 heteroatoms. The van der Waals surface area contributed by atoms with E-state index in [0.717, 1.165) is 16.7 Å². The maximum atomic E-state index is 12.2. The van der Waals surface area contributed by atoms with Gasteiger partial charge in [0.2, 0.25) is 0 Å². The van der Waals surface area contributed by atoms with Gasteiger partial charge in [-0.05, 0) is 25.0 Å². The number of aryl methyl sites for hydroxylation is 1. The fourth-order valence-electron chi connectivity index (χ4n) is 2.73. The predicted molar refractivity (Wildman–Crippen MR) is 111 cm³/mol. The van der Waals surface area contributed by atoms with Crippen molar-refractivity contribution in [2.75, 3.05) is 19.4 Å². The van der Waals surface area contributed by atoms with Gasteiger partial charge in [0, 0.05) is 28.9 Å². The number of rotatable bonds is 6. The van der Waals surface area contributed by atoms with E-state index < -0.39 is 5.91 Å². The average molecular weight is 368 g/mol. The Morgan fingerprint density at radius 1 is 1.15 bits per heavy atom. The number of methoxy groups -OCH3 is 1. The highest BCUT2D eigenvalue weighted by molar-refractivity contribution is 6.01. The Morgan fingerprint density at radius 2 is 1.85 bits per heavy atom. The van der Waals surface area contributed by atoms with Crippen LogP contribution in [-0.4, -0.2) is 19.6 Å². The van der Waals surface area contributed by atoms with Gasteiger partial charge in [0.05, 0.1) is 12.8 Å². The first kappa shape index (κ1) is 20.2. The van der Waals surface area contributed by atoms with Crippen LogP contribution in [0.4, 0.5) is 5.69 Å². The van der Waals surface area contributed by atoms with E-state index in [1.54, 1.807) is 13.2 Å². The number of carbonyl (C=O) groups excluding carboxylic acids is 1. The maximum absolute atomic E-state index is 12.2. The molecule has 1 amide bonds. The Labute approximate surface area is 160 Å². The van der Waals surface area contributed by atoms with Crippen LogP contribution in [0.25, 0.3) is 16.8 Å². The van der Waals surface area contributed by atoms with Crippen molar-refractivity contribution in [2.45, 2.75) is 20.8 Å². The fourth-order valence-corrected chi connectivity index (χ4v) is 2.73. The van der Waals surface area contributed by atoms with Gasteiger partial charge in [-0.1, -0.05) is 43.7 Å². The Hall–Kier alpha value is -3.15. The molecule has 0 saturated carbocycles. The largest absolute Gasteiger partial charge is 0.496 e. The van der Waals surface area contributed by atoms with Gasteiger partial charge in [0.15, 0.2) is 0 Å². The lowest BCUT2D eigenvalue weighted by atomic mass is 9.96. The van der Waals surface area contributed by atoms with Crippen molar-refractivity contribution in [1.82, 2.24) is 5.32 Å². The van der Waals surface area contributed by atoms with Gasteiger partial charge in [-0.25, -0.2) is 0 Å². The number of ether oxygens (including phenoxy) is 1. The number of para-hydroxylation sites is 1. The van der Waals surface area contributed by atoms with Crippen molar-refractivity contribution in [3.8, 4) is 16.9 Å². The highest BCUT2D eigenvalue weighted by Gasteiger charge is 2.17. The van der Waals surface area contributed by atoms with Crippen molar-refractivity contribution >= 4 is 17.3 Å². The third-order valence-electron chi connectivity index (χ3n) is 4.25. The summed E-state index contributed by atoms with van der Waals surface area (Å²) in [5, 5.41) is 2.76. The van der Waals surface area contributed by atoms with Gasteiger partial charge in [0.1, 0.15) is 11.4 Å². The van der Waals surface area contributed by atoms with E-state index in [1.165, 1.54) is 0 Å². The van der Waals surface area contributed by atoms with Crippen LogP contribution in [0.1, 0.15) is 25.0 Å². The maximum Gasteiger partial charge on any atom is 0.269 e. The summed E-state index contributed by atoms with van der Waals surface area (Å²) in [5.41, 5.74) is 22.3. The van der Waals surface area contributed by atoms with Crippen molar-refractivity contribution in [2.24, 2.45) is 17.4 Å². The van der Waals surface area contributed by atoms with Crippen LogP contribution in [0.15, 0.2) is 42.1 Å². The standard InChI is InChI=1S/C21H28N4O2/c1-12(2)11-25-21(26)20(24)19(23)15-7-5-6-14(18(15)22)16-10-13(3)8-9-17(16)27-4/h5-10,12H,11,22-24H2,1-4H3,(H,25,26)/b20-19+. The molecular formula is C21H28N4O2. The zero-order chi connectivity index (χ0) is 20.1. The van der Waals surface area contributed by atoms with Crippen molar-refractivity contribution in [3.05, 3.63) is 53.2 Å².